The van der Waals surface area contributed by atoms with Gasteiger partial charge in [-0.15, -0.1) is 0 Å². The van der Waals surface area contributed by atoms with Gasteiger partial charge in [-0.05, 0) is 31.7 Å². The molecule has 0 aromatic carbocycles. The van der Waals surface area contributed by atoms with E-state index in [9.17, 15) is 0 Å². The fourth-order valence-corrected chi connectivity index (χ4v) is 1.89. The SMILES string of the molecule is CC(CN(C)Cc1ccccn1)=C1CNC1. The first kappa shape index (κ1) is 11.3. The van der Waals surface area contributed by atoms with Crippen molar-refractivity contribution in [1.29, 1.82) is 0 Å². The van der Waals surface area contributed by atoms with Gasteiger partial charge in [-0.2, -0.15) is 0 Å². The summed E-state index contributed by atoms with van der Waals surface area (Å²) in [6.45, 7) is 6.32. The average Bonchev–Trinajstić information content (AvgIpc) is 2.15. The zero-order valence-electron chi connectivity index (χ0n) is 10.0. The van der Waals surface area contributed by atoms with Crippen molar-refractivity contribution < 1.29 is 0 Å². The molecule has 0 radical (unpaired) electrons. The standard InChI is InChI=1S/C13H19N3/c1-11(12-7-14-8-12)9-16(2)10-13-5-3-4-6-15-13/h3-6,14H,7-10H2,1-2H3. The van der Waals surface area contributed by atoms with Crippen LogP contribution in [0.25, 0.3) is 0 Å². The number of aromatic nitrogens is 1. The van der Waals surface area contributed by atoms with Crippen molar-refractivity contribution >= 4 is 0 Å². The van der Waals surface area contributed by atoms with Crippen molar-refractivity contribution in [2.75, 3.05) is 26.7 Å². The molecule has 3 heteroatoms. The van der Waals surface area contributed by atoms with Crippen molar-refractivity contribution in [3.05, 3.63) is 41.2 Å². The third-order valence-electron chi connectivity index (χ3n) is 2.95. The van der Waals surface area contributed by atoms with Crippen LogP contribution in [0.2, 0.25) is 0 Å². The highest BCUT2D eigenvalue weighted by atomic mass is 15.1. The van der Waals surface area contributed by atoms with Crippen LogP contribution in [0, 0.1) is 0 Å². The lowest BCUT2D eigenvalue weighted by atomic mass is 10.0. The van der Waals surface area contributed by atoms with E-state index in [1.165, 1.54) is 5.57 Å². The lowest BCUT2D eigenvalue weighted by Crippen LogP contribution is -2.36. The van der Waals surface area contributed by atoms with Gasteiger partial charge in [0.2, 0.25) is 0 Å². The molecule has 0 amide bonds. The Balaban J connectivity index is 1.87. The van der Waals surface area contributed by atoms with E-state index >= 15 is 0 Å². The van der Waals surface area contributed by atoms with E-state index in [4.69, 9.17) is 0 Å². The first-order valence-corrected chi connectivity index (χ1v) is 5.72. The van der Waals surface area contributed by atoms with Crippen molar-refractivity contribution in [3.8, 4) is 0 Å². The van der Waals surface area contributed by atoms with Crippen LogP contribution in [-0.2, 0) is 6.54 Å². The van der Waals surface area contributed by atoms with Crippen LogP contribution in [0.5, 0.6) is 0 Å². The highest BCUT2D eigenvalue weighted by Crippen LogP contribution is 2.10. The van der Waals surface area contributed by atoms with Crippen LogP contribution >= 0.6 is 0 Å². The third kappa shape index (κ3) is 2.90. The van der Waals surface area contributed by atoms with Crippen LogP contribution in [-0.4, -0.2) is 36.6 Å². The van der Waals surface area contributed by atoms with Crippen molar-refractivity contribution in [3.63, 3.8) is 0 Å². The molecule has 2 heterocycles. The Hall–Kier alpha value is -1.19. The minimum absolute atomic E-state index is 0.916. The number of hydrogen-bond acceptors (Lipinski definition) is 3. The van der Waals surface area contributed by atoms with Gasteiger partial charge in [0, 0.05) is 32.4 Å². The molecule has 1 N–H and O–H groups in total. The predicted molar refractivity (Wildman–Crippen MR) is 66.1 cm³/mol. The van der Waals surface area contributed by atoms with Crippen molar-refractivity contribution in [2.45, 2.75) is 13.5 Å². The molecule has 1 saturated heterocycles. The maximum absolute atomic E-state index is 4.33. The number of pyridine rings is 1. The molecule has 16 heavy (non-hydrogen) atoms. The molecule has 1 aromatic heterocycles. The summed E-state index contributed by atoms with van der Waals surface area (Å²) in [6, 6.07) is 6.07. The Kier molecular flexibility index (Phi) is 3.70. The van der Waals surface area contributed by atoms with Crippen LogP contribution in [0.15, 0.2) is 35.5 Å². The fraction of sp³-hybridized carbons (Fsp3) is 0.462. The minimum atomic E-state index is 0.916. The second-order valence-corrected chi connectivity index (χ2v) is 4.48. The summed E-state index contributed by atoms with van der Waals surface area (Å²) < 4.78 is 0. The van der Waals surface area contributed by atoms with Crippen molar-refractivity contribution in [1.82, 2.24) is 15.2 Å². The second kappa shape index (κ2) is 5.23. The van der Waals surface area contributed by atoms with Gasteiger partial charge >= 0.3 is 0 Å². The molecular formula is C13H19N3. The molecule has 0 bridgehead atoms. The number of rotatable bonds is 4. The van der Waals surface area contributed by atoms with Gasteiger partial charge in [-0.1, -0.05) is 11.6 Å². The van der Waals surface area contributed by atoms with E-state index in [-0.39, 0.29) is 0 Å². The summed E-state index contributed by atoms with van der Waals surface area (Å²) in [5, 5.41) is 3.28. The molecule has 86 valence electrons. The molecule has 0 atom stereocenters. The Bertz CT molecular complexity index is 364. The molecule has 2 rings (SSSR count). The third-order valence-corrected chi connectivity index (χ3v) is 2.95. The molecule has 1 aliphatic heterocycles. The molecule has 1 fully saturated rings. The Morgan fingerprint density at radius 2 is 2.25 bits per heavy atom. The normalized spacial score (nSPS) is 15.1. The lowest BCUT2D eigenvalue weighted by Gasteiger charge is -2.25. The number of hydrogen-bond donors (Lipinski definition) is 1. The quantitative estimate of drug-likeness (QED) is 0.773. The zero-order valence-corrected chi connectivity index (χ0v) is 10.0. The van der Waals surface area contributed by atoms with Gasteiger partial charge < -0.3 is 5.32 Å². The molecule has 1 aromatic rings. The molecular weight excluding hydrogens is 198 g/mol. The smallest absolute Gasteiger partial charge is 0.0543 e. The van der Waals surface area contributed by atoms with Gasteiger partial charge in [-0.3, -0.25) is 9.88 Å². The Morgan fingerprint density at radius 1 is 1.44 bits per heavy atom. The summed E-state index contributed by atoms with van der Waals surface area (Å²) >= 11 is 0. The van der Waals surface area contributed by atoms with Gasteiger partial charge in [0.05, 0.1) is 5.69 Å². The summed E-state index contributed by atoms with van der Waals surface area (Å²) in [5.74, 6) is 0. The minimum Gasteiger partial charge on any atom is -0.309 e. The van der Waals surface area contributed by atoms with Gasteiger partial charge in [0.1, 0.15) is 0 Å². The van der Waals surface area contributed by atoms with E-state index < -0.39 is 0 Å². The van der Waals surface area contributed by atoms with Crippen LogP contribution in [0.1, 0.15) is 12.6 Å². The first-order valence-electron chi connectivity index (χ1n) is 5.72. The van der Waals surface area contributed by atoms with E-state index in [2.05, 4.69) is 35.2 Å². The first-order chi connectivity index (χ1) is 7.75. The van der Waals surface area contributed by atoms with E-state index in [0.717, 1.165) is 31.9 Å². The Labute approximate surface area is 97.2 Å². The fourth-order valence-electron chi connectivity index (χ4n) is 1.89. The predicted octanol–water partition coefficient (Wildman–Crippen LogP) is 1.43. The van der Waals surface area contributed by atoms with Gasteiger partial charge in [0.15, 0.2) is 0 Å². The van der Waals surface area contributed by atoms with E-state index in [0.29, 0.717) is 0 Å². The summed E-state index contributed by atoms with van der Waals surface area (Å²) in [7, 11) is 2.14. The van der Waals surface area contributed by atoms with E-state index in [1.807, 2.05) is 18.3 Å². The van der Waals surface area contributed by atoms with Crippen LogP contribution in [0.3, 0.4) is 0 Å². The molecule has 3 nitrogen and oxygen atoms in total. The molecule has 0 aliphatic carbocycles. The number of nitrogens with one attached hydrogen (secondary N) is 1. The molecule has 0 saturated carbocycles. The zero-order chi connectivity index (χ0) is 11.4. The second-order valence-electron chi connectivity index (χ2n) is 4.48. The summed E-state index contributed by atoms with van der Waals surface area (Å²) in [4.78, 5) is 6.64. The van der Waals surface area contributed by atoms with Gasteiger partial charge in [0.25, 0.3) is 0 Å². The van der Waals surface area contributed by atoms with Gasteiger partial charge in [-0.25, -0.2) is 0 Å². The molecule has 0 spiro atoms. The van der Waals surface area contributed by atoms with E-state index in [1.54, 1.807) is 5.57 Å². The maximum Gasteiger partial charge on any atom is 0.0543 e. The molecule has 1 aliphatic rings. The monoisotopic (exact) mass is 217 g/mol. The van der Waals surface area contributed by atoms with Crippen molar-refractivity contribution in [2.24, 2.45) is 0 Å². The lowest BCUT2D eigenvalue weighted by molar-refractivity contribution is 0.348. The largest absolute Gasteiger partial charge is 0.309 e. The van der Waals surface area contributed by atoms with Crippen LogP contribution < -0.4 is 5.32 Å². The highest BCUT2D eigenvalue weighted by molar-refractivity contribution is 5.22. The maximum atomic E-state index is 4.33. The number of likely N-dealkylation sites (N-methyl/N-ethyl adjacent to an activating group) is 1. The summed E-state index contributed by atoms with van der Waals surface area (Å²) in [6.07, 6.45) is 1.85. The Morgan fingerprint density at radius 3 is 2.81 bits per heavy atom. The van der Waals surface area contributed by atoms with Crippen LogP contribution in [0.4, 0.5) is 0 Å². The summed E-state index contributed by atoms with van der Waals surface area (Å²) in [5.41, 5.74) is 4.19. The highest BCUT2D eigenvalue weighted by Gasteiger charge is 2.12. The topological polar surface area (TPSA) is 28.2 Å². The number of nitrogens with zero attached hydrogens (tertiary/aromatic N) is 2. The molecule has 0 unspecified atom stereocenters. The average molecular weight is 217 g/mol.